The summed E-state index contributed by atoms with van der Waals surface area (Å²) in [6.07, 6.45) is 4.55. The van der Waals surface area contributed by atoms with Gasteiger partial charge in [-0.05, 0) is 31.4 Å². The first-order valence-corrected chi connectivity index (χ1v) is 5.96. The van der Waals surface area contributed by atoms with Crippen LogP contribution in [0.3, 0.4) is 0 Å². The minimum absolute atomic E-state index is 0.0854. The third-order valence-electron chi connectivity index (χ3n) is 3.05. The molecule has 2 nitrogen and oxygen atoms in total. The standard InChI is InChI=1S/C14H20N2/c1-3-10-16(12-8-9-12)14-7-5-4-6-13(14)11(2)15/h3-7,11-12H,1,8-10,15H2,2H3. The number of nitrogens with zero attached hydrogens (tertiary/aromatic N) is 1. The molecular weight excluding hydrogens is 196 g/mol. The monoisotopic (exact) mass is 216 g/mol. The summed E-state index contributed by atoms with van der Waals surface area (Å²) in [5.74, 6) is 0. The Labute approximate surface area is 97.8 Å². The second kappa shape index (κ2) is 4.71. The van der Waals surface area contributed by atoms with Gasteiger partial charge in [0.05, 0.1) is 0 Å². The molecule has 0 amide bonds. The third-order valence-corrected chi connectivity index (χ3v) is 3.05. The molecule has 0 bridgehead atoms. The highest BCUT2D eigenvalue weighted by molar-refractivity contribution is 5.56. The molecule has 0 heterocycles. The van der Waals surface area contributed by atoms with Gasteiger partial charge in [0.25, 0.3) is 0 Å². The van der Waals surface area contributed by atoms with Gasteiger partial charge >= 0.3 is 0 Å². The van der Waals surface area contributed by atoms with Crippen molar-refractivity contribution in [3.8, 4) is 0 Å². The smallest absolute Gasteiger partial charge is 0.0419 e. The molecule has 0 saturated heterocycles. The van der Waals surface area contributed by atoms with Crippen molar-refractivity contribution in [2.45, 2.75) is 31.8 Å². The predicted octanol–water partition coefficient (Wildman–Crippen LogP) is 2.86. The zero-order valence-electron chi connectivity index (χ0n) is 9.89. The Morgan fingerprint density at radius 1 is 1.50 bits per heavy atom. The highest BCUT2D eigenvalue weighted by atomic mass is 15.2. The van der Waals surface area contributed by atoms with E-state index in [2.05, 4.69) is 35.7 Å². The maximum absolute atomic E-state index is 6.02. The van der Waals surface area contributed by atoms with Gasteiger partial charge in [-0.1, -0.05) is 24.3 Å². The number of hydrogen-bond acceptors (Lipinski definition) is 2. The van der Waals surface area contributed by atoms with E-state index < -0.39 is 0 Å². The Kier molecular flexibility index (Phi) is 3.30. The fourth-order valence-corrected chi connectivity index (χ4v) is 2.10. The summed E-state index contributed by atoms with van der Waals surface area (Å²) in [6, 6.07) is 9.21. The maximum atomic E-state index is 6.02. The van der Waals surface area contributed by atoms with Gasteiger partial charge in [0.2, 0.25) is 0 Å². The number of anilines is 1. The number of hydrogen-bond donors (Lipinski definition) is 1. The van der Waals surface area contributed by atoms with Crippen LogP contribution in [0.2, 0.25) is 0 Å². The van der Waals surface area contributed by atoms with Crippen LogP contribution >= 0.6 is 0 Å². The quantitative estimate of drug-likeness (QED) is 0.767. The molecule has 1 saturated carbocycles. The van der Waals surface area contributed by atoms with Gasteiger partial charge in [-0.15, -0.1) is 6.58 Å². The van der Waals surface area contributed by atoms with Crippen molar-refractivity contribution in [1.29, 1.82) is 0 Å². The van der Waals surface area contributed by atoms with Crippen molar-refractivity contribution < 1.29 is 0 Å². The Bertz CT molecular complexity index is 367. The van der Waals surface area contributed by atoms with Gasteiger partial charge in [0.1, 0.15) is 0 Å². The van der Waals surface area contributed by atoms with Gasteiger partial charge in [-0.2, -0.15) is 0 Å². The molecular formula is C14H20N2. The van der Waals surface area contributed by atoms with Crippen molar-refractivity contribution in [1.82, 2.24) is 0 Å². The summed E-state index contributed by atoms with van der Waals surface area (Å²) < 4.78 is 0. The maximum Gasteiger partial charge on any atom is 0.0419 e. The van der Waals surface area contributed by atoms with Crippen LogP contribution in [-0.4, -0.2) is 12.6 Å². The first kappa shape index (κ1) is 11.2. The van der Waals surface area contributed by atoms with E-state index in [0.29, 0.717) is 6.04 Å². The molecule has 1 aromatic carbocycles. The summed E-state index contributed by atoms with van der Waals surface area (Å²) >= 11 is 0. The Morgan fingerprint density at radius 2 is 2.19 bits per heavy atom. The SMILES string of the molecule is C=CCN(c1ccccc1C(C)N)C1CC1. The van der Waals surface area contributed by atoms with Crippen LogP contribution in [0.25, 0.3) is 0 Å². The van der Waals surface area contributed by atoms with Crippen LogP contribution in [0.1, 0.15) is 31.4 Å². The largest absolute Gasteiger partial charge is 0.365 e. The van der Waals surface area contributed by atoms with Crippen LogP contribution in [0, 0.1) is 0 Å². The molecule has 1 unspecified atom stereocenters. The summed E-state index contributed by atoms with van der Waals surface area (Å²) in [4.78, 5) is 2.42. The van der Waals surface area contributed by atoms with Crippen LogP contribution in [0.4, 0.5) is 5.69 Å². The van der Waals surface area contributed by atoms with Gasteiger partial charge in [0, 0.05) is 24.3 Å². The van der Waals surface area contributed by atoms with Crippen LogP contribution < -0.4 is 10.6 Å². The van der Waals surface area contributed by atoms with E-state index in [1.54, 1.807) is 0 Å². The van der Waals surface area contributed by atoms with Gasteiger partial charge in [-0.25, -0.2) is 0 Å². The third kappa shape index (κ3) is 2.27. The zero-order valence-corrected chi connectivity index (χ0v) is 9.89. The lowest BCUT2D eigenvalue weighted by molar-refractivity contribution is 0.788. The molecule has 1 aliphatic rings. The first-order valence-electron chi connectivity index (χ1n) is 5.96. The van der Waals surface area contributed by atoms with Crippen molar-refractivity contribution >= 4 is 5.69 Å². The van der Waals surface area contributed by atoms with E-state index in [1.807, 2.05) is 13.0 Å². The molecule has 2 N–H and O–H groups in total. The van der Waals surface area contributed by atoms with Gasteiger partial charge in [-0.3, -0.25) is 0 Å². The molecule has 0 aromatic heterocycles. The molecule has 0 aliphatic heterocycles. The fraction of sp³-hybridized carbons (Fsp3) is 0.429. The van der Waals surface area contributed by atoms with Crippen molar-refractivity contribution in [3.05, 3.63) is 42.5 Å². The van der Waals surface area contributed by atoms with Gasteiger partial charge < -0.3 is 10.6 Å². The van der Waals surface area contributed by atoms with Crippen LogP contribution in [0.5, 0.6) is 0 Å². The Morgan fingerprint density at radius 3 is 2.75 bits per heavy atom. The van der Waals surface area contributed by atoms with E-state index in [-0.39, 0.29) is 6.04 Å². The molecule has 1 atom stereocenters. The molecule has 0 radical (unpaired) electrons. The molecule has 0 spiro atoms. The van der Waals surface area contributed by atoms with E-state index in [1.165, 1.54) is 24.1 Å². The second-order valence-electron chi connectivity index (χ2n) is 4.52. The van der Waals surface area contributed by atoms with Crippen molar-refractivity contribution in [3.63, 3.8) is 0 Å². The Balaban J connectivity index is 2.31. The minimum Gasteiger partial charge on any atom is -0.365 e. The summed E-state index contributed by atoms with van der Waals surface area (Å²) in [6.45, 7) is 6.79. The minimum atomic E-state index is 0.0854. The first-order chi connectivity index (χ1) is 7.74. The molecule has 1 aliphatic carbocycles. The zero-order chi connectivity index (χ0) is 11.5. The van der Waals surface area contributed by atoms with E-state index in [4.69, 9.17) is 5.73 Å². The predicted molar refractivity (Wildman–Crippen MR) is 69.6 cm³/mol. The van der Waals surface area contributed by atoms with Crippen LogP contribution in [0.15, 0.2) is 36.9 Å². The van der Waals surface area contributed by atoms with E-state index >= 15 is 0 Å². The number of nitrogens with two attached hydrogens (primary N) is 1. The van der Waals surface area contributed by atoms with E-state index in [0.717, 1.165) is 6.54 Å². The average Bonchev–Trinajstić information content (AvgIpc) is 3.10. The van der Waals surface area contributed by atoms with Crippen molar-refractivity contribution in [2.24, 2.45) is 5.73 Å². The van der Waals surface area contributed by atoms with Gasteiger partial charge in [0.15, 0.2) is 0 Å². The summed E-state index contributed by atoms with van der Waals surface area (Å²) in [5.41, 5.74) is 8.53. The molecule has 2 heteroatoms. The van der Waals surface area contributed by atoms with Crippen molar-refractivity contribution in [2.75, 3.05) is 11.4 Å². The second-order valence-corrected chi connectivity index (χ2v) is 4.52. The molecule has 16 heavy (non-hydrogen) atoms. The lowest BCUT2D eigenvalue weighted by atomic mass is 10.1. The number of rotatable bonds is 5. The fourth-order valence-electron chi connectivity index (χ4n) is 2.10. The molecule has 1 fully saturated rings. The molecule has 86 valence electrons. The molecule has 1 aromatic rings. The van der Waals surface area contributed by atoms with E-state index in [9.17, 15) is 0 Å². The lowest BCUT2D eigenvalue weighted by Crippen LogP contribution is -2.27. The summed E-state index contributed by atoms with van der Waals surface area (Å²) in [5, 5.41) is 0. The highest BCUT2D eigenvalue weighted by Gasteiger charge is 2.29. The number of benzene rings is 1. The highest BCUT2D eigenvalue weighted by Crippen LogP contribution is 2.34. The Hall–Kier alpha value is -1.28. The normalized spacial score (nSPS) is 16.9. The average molecular weight is 216 g/mol. The molecule has 2 rings (SSSR count). The number of para-hydroxylation sites is 1. The lowest BCUT2D eigenvalue weighted by Gasteiger charge is -2.27. The summed E-state index contributed by atoms with van der Waals surface area (Å²) in [7, 11) is 0. The van der Waals surface area contributed by atoms with Crippen LogP contribution in [-0.2, 0) is 0 Å². The topological polar surface area (TPSA) is 29.3 Å².